The van der Waals surface area contributed by atoms with Crippen molar-refractivity contribution >= 4 is 17.5 Å². The van der Waals surface area contributed by atoms with Gasteiger partial charge in [-0.3, -0.25) is 9.59 Å². The third kappa shape index (κ3) is 5.02. The summed E-state index contributed by atoms with van der Waals surface area (Å²) >= 11 is 0. The van der Waals surface area contributed by atoms with Crippen molar-refractivity contribution in [2.75, 3.05) is 31.1 Å². The summed E-state index contributed by atoms with van der Waals surface area (Å²) in [5.41, 5.74) is 2.96. The van der Waals surface area contributed by atoms with Gasteiger partial charge in [0, 0.05) is 49.9 Å². The van der Waals surface area contributed by atoms with Crippen molar-refractivity contribution in [3.63, 3.8) is 0 Å². The number of amides is 2. The van der Waals surface area contributed by atoms with Crippen LogP contribution in [0.25, 0.3) is 0 Å². The first-order valence-corrected chi connectivity index (χ1v) is 11.2. The molecule has 0 radical (unpaired) electrons. The van der Waals surface area contributed by atoms with Crippen LogP contribution in [0.1, 0.15) is 48.0 Å². The van der Waals surface area contributed by atoms with Crippen LogP contribution in [0, 0.1) is 5.92 Å². The Morgan fingerprint density at radius 3 is 2.17 bits per heavy atom. The molecule has 0 atom stereocenters. The zero-order valence-electron chi connectivity index (χ0n) is 17.6. The molecular weight excluding hydrogens is 374 g/mol. The highest BCUT2D eigenvalue weighted by Gasteiger charge is 2.23. The molecule has 158 valence electrons. The fraction of sp³-hybridized carbons (Fsp3) is 0.440. The van der Waals surface area contributed by atoms with Crippen molar-refractivity contribution in [3.05, 3.63) is 65.7 Å². The predicted molar refractivity (Wildman–Crippen MR) is 119 cm³/mol. The largest absolute Gasteiger partial charge is 0.368 e. The number of para-hydroxylation sites is 1. The molecule has 1 saturated carbocycles. The Kier molecular flexibility index (Phi) is 6.67. The molecule has 5 heteroatoms. The van der Waals surface area contributed by atoms with Gasteiger partial charge in [0.2, 0.25) is 5.91 Å². The zero-order chi connectivity index (χ0) is 20.8. The molecule has 0 aromatic heterocycles. The number of hydrogen-bond acceptors (Lipinski definition) is 3. The van der Waals surface area contributed by atoms with Crippen LogP contribution < -0.4 is 10.2 Å². The van der Waals surface area contributed by atoms with Crippen LogP contribution in [0.2, 0.25) is 0 Å². The molecule has 0 spiro atoms. The topological polar surface area (TPSA) is 52.7 Å². The number of rotatable bonds is 5. The standard InChI is InChI=1S/C25H31N3O2/c29-24(21-7-3-1-4-8-21)26-19-20-11-13-22(14-12-20)25(30)28-17-15-27(16-18-28)23-9-5-2-6-10-23/h2,5-6,9-14,21H,1,3-4,7-8,15-19H2,(H,26,29). The van der Waals surface area contributed by atoms with Gasteiger partial charge in [0.1, 0.15) is 0 Å². The third-order valence-corrected chi connectivity index (χ3v) is 6.33. The van der Waals surface area contributed by atoms with E-state index < -0.39 is 0 Å². The Morgan fingerprint density at radius 2 is 1.50 bits per heavy atom. The minimum atomic E-state index is 0.0838. The lowest BCUT2D eigenvalue weighted by Crippen LogP contribution is -2.48. The second-order valence-corrected chi connectivity index (χ2v) is 8.36. The molecule has 5 nitrogen and oxygen atoms in total. The van der Waals surface area contributed by atoms with E-state index in [0.29, 0.717) is 12.1 Å². The van der Waals surface area contributed by atoms with E-state index in [-0.39, 0.29) is 17.7 Å². The molecular formula is C25H31N3O2. The fourth-order valence-electron chi connectivity index (χ4n) is 4.45. The van der Waals surface area contributed by atoms with Gasteiger partial charge in [0.25, 0.3) is 5.91 Å². The fourth-order valence-corrected chi connectivity index (χ4v) is 4.45. The number of piperazine rings is 1. The lowest BCUT2D eigenvalue weighted by molar-refractivity contribution is -0.126. The van der Waals surface area contributed by atoms with Gasteiger partial charge in [-0.05, 0) is 42.7 Å². The van der Waals surface area contributed by atoms with Gasteiger partial charge in [-0.1, -0.05) is 49.6 Å². The van der Waals surface area contributed by atoms with Crippen molar-refractivity contribution in [3.8, 4) is 0 Å². The van der Waals surface area contributed by atoms with Crippen molar-refractivity contribution < 1.29 is 9.59 Å². The van der Waals surface area contributed by atoms with Crippen LogP contribution in [0.5, 0.6) is 0 Å². The van der Waals surface area contributed by atoms with Crippen molar-refractivity contribution in [1.82, 2.24) is 10.2 Å². The molecule has 1 aliphatic heterocycles. The lowest BCUT2D eigenvalue weighted by atomic mass is 9.88. The van der Waals surface area contributed by atoms with Crippen LogP contribution in [0.15, 0.2) is 54.6 Å². The van der Waals surface area contributed by atoms with Crippen LogP contribution in [-0.4, -0.2) is 42.9 Å². The number of anilines is 1. The molecule has 0 bridgehead atoms. The van der Waals surface area contributed by atoms with Gasteiger partial charge in [-0.2, -0.15) is 0 Å². The first-order chi connectivity index (χ1) is 14.7. The SMILES string of the molecule is O=C(NCc1ccc(C(=O)N2CCN(c3ccccc3)CC2)cc1)C1CCCCC1. The van der Waals surface area contributed by atoms with Crippen LogP contribution in [0.3, 0.4) is 0 Å². The number of hydrogen-bond donors (Lipinski definition) is 1. The number of benzene rings is 2. The molecule has 1 N–H and O–H groups in total. The van der Waals surface area contributed by atoms with E-state index in [4.69, 9.17) is 0 Å². The maximum Gasteiger partial charge on any atom is 0.253 e. The minimum Gasteiger partial charge on any atom is -0.368 e. The van der Waals surface area contributed by atoms with Gasteiger partial charge in [0.05, 0.1) is 0 Å². The molecule has 30 heavy (non-hydrogen) atoms. The van der Waals surface area contributed by atoms with E-state index in [2.05, 4.69) is 22.3 Å². The van der Waals surface area contributed by atoms with Crippen LogP contribution in [0.4, 0.5) is 5.69 Å². The average Bonchev–Trinajstić information content (AvgIpc) is 2.83. The van der Waals surface area contributed by atoms with Crippen molar-refractivity contribution in [1.29, 1.82) is 0 Å². The average molecular weight is 406 g/mol. The second kappa shape index (κ2) is 9.79. The summed E-state index contributed by atoms with van der Waals surface area (Å²) in [5.74, 6) is 0.431. The van der Waals surface area contributed by atoms with Gasteiger partial charge >= 0.3 is 0 Å². The molecule has 4 rings (SSSR count). The van der Waals surface area contributed by atoms with E-state index in [9.17, 15) is 9.59 Å². The maximum absolute atomic E-state index is 12.9. The smallest absolute Gasteiger partial charge is 0.253 e. The second-order valence-electron chi connectivity index (χ2n) is 8.36. The zero-order valence-corrected chi connectivity index (χ0v) is 17.6. The highest BCUT2D eigenvalue weighted by Crippen LogP contribution is 2.23. The quantitative estimate of drug-likeness (QED) is 0.822. The molecule has 0 unspecified atom stereocenters. The number of nitrogens with zero attached hydrogens (tertiary/aromatic N) is 2. The number of carbonyl (C=O) groups excluding carboxylic acids is 2. The first kappa shape index (κ1) is 20.5. The Labute approximate surface area is 179 Å². The summed E-state index contributed by atoms with van der Waals surface area (Å²) in [5, 5.41) is 3.06. The molecule has 2 aromatic carbocycles. The number of carbonyl (C=O) groups is 2. The summed E-state index contributed by atoms with van der Waals surface area (Å²) in [6.45, 7) is 3.68. The monoisotopic (exact) mass is 405 g/mol. The molecule has 1 aliphatic carbocycles. The maximum atomic E-state index is 12.9. The Bertz CT molecular complexity index is 836. The van der Waals surface area contributed by atoms with Crippen LogP contribution >= 0.6 is 0 Å². The van der Waals surface area contributed by atoms with Gasteiger partial charge in [-0.15, -0.1) is 0 Å². The van der Waals surface area contributed by atoms with E-state index >= 15 is 0 Å². The van der Waals surface area contributed by atoms with Gasteiger partial charge in [0.15, 0.2) is 0 Å². The number of nitrogens with one attached hydrogen (secondary N) is 1. The molecule has 1 heterocycles. The third-order valence-electron chi connectivity index (χ3n) is 6.33. The Morgan fingerprint density at radius 1 is 0.833 bits per heavy atom. The van der Waals surface area contributed by atoms with Gasteiger partial charge < -0.3 is 15.1 Å². The normalized spacial score (nSPS) is 17.6. The van der Waals surface area contributed by atoms with Crippen molar-refractivity contribution in [2.45, 2.75) is 38.6 Å². The molecule has 2 aromatic rings. The highest BCUT2D eigenvalue weighted by atomic mass is 16.2. The minimum absolute atomic E-state index is 0.0838. The van der Waals surface area contributed by atoms with Crippen molar-refractivity contribution in [2.24, 2.45) is 5.92 Å². The van der Waals surface area contributed by atoms with Crippen LogP contribution in [-0.2, 0) is 11.3 Å². The summed E-state index contributed by atoms with van der Waals surface area (Å²) in [4.78, 5) is 29.4. The highest BCUT2D eigenvalue weighted by molar-refractivity contribution is 5.94. The summed E-state index contributed by atoms with van der Waals surface area (Å²) in [7, 11) is 0. The molecule has 2 aliphatic rings. The lowest BCUT2D eigenvalue weighted by Gasteiger charge is -2.36. The predicted octanol–water partition coefficient (Wildman–Crippen LogP) is 3.85. The van der Waals surface area contributed by atoms with E-state index in [1.807, 2.05) is 47.4 Å². The summed E-state index contributed by atoms with van der Waals surface area (Å²) in [6.07, 6.45) is 5.59. The first-order valence-electron chi connectivity index (χ1n) is 11.2. The summed E-state index contributed by atoms with van der Waals surface area (Å²) in [6, 6.07) is 18.0. The molecule has 2 fully saturated rings. The Hall–Kier alpha value is -2.82. The molecule has 2 amide bonds. The van der Waals surface area contributed by atoms with E-state index in [1.165, 1.54) is 12.1 Å². The van der Waals surface area contributed by atoms with E-state index in [1.54, 1.807) is 0 Å². The summed E-state index contributed by atoms with van der Waals surface area (Å²) < 4.78 is 0. The Balaban J connectivity index is 1.26. The van der Waals surface area contributed by atoms with Gasteiger partial charge in [-0.25, -0.2) is 0 Å². The molecule has 1 saturated heterocycles. The van der Waals surface area contributed by atoms with E-state index in [0.717, 1.165) is 57.4 Å².